The molecule has 0 amide bonds. The minimum absolute atomic E-state index is 0.0850. The molecule has 2 rings (SSSR count). The summed E-state index contributed by atoms with van der Waals surface area (Å²) in [5, 5.41) is 0. The van der Waals surface area contributed by atoms with Crippen molar-refractivity contribution in [3.8, 4) is 0 Å². The molecule has 88 valence electrons. The lowest BCUT2D eigenvalue weighted by molar-refractivity contribution is 0.595. The quantitative estimate of drug-likeness (QED) is 0.839. The Labute approximate surface area is 100 Å². The fourth-order valence-corrected chi connectivity index (χ4v) is 2.34. The van der Waals surface area contributed by atoms with Gasteiger partial charge in [0.25, 0.3) is 0 Å². The van der Waals surface area contributed by atoms with E-state index >= 15 is 0 Å². The van der Waals surface area contributed by atoms with Gasteiger partial charge in [0, 0.05) is 18.1 Å². The first-order valence-electron chi connectivity index (χ1n) is 4.86. The molecule has 0 aliphatic rings. The van der Waals surface area contributed by atoms with Crippen molar-refractivity contribution in [2.24, 2.45) is 0 Å². The Hall–Kier alpha value is -1.82. The zero-order valence-corrected chi connectivity index (χ0v) is 9.65. The van der Waals surface area contributed by atoms with Crippen molar-refractivity contribution in [1.29, 1.82) is 0 Å². The summed E-state index contributed by atoms with van der Waals surface area (Å²) in [7, 11) is -1.51. The normalized spacial score (nSPS) is 12.3. The third kappa shape index (κ3) is 2.85. The molecule has 0 saturated carbocycles. The van der Waals surface area contributed by atoms with Crippen LogP contribution < -0.4 is 5.73 Å². The van der Waals surface area contributed by atoms with Crippen molar-refractivity contribution >= 4 is 16.5 Å². The number of nitrogens with zero attached hydrogens (tertiary/aromatic N) is 2. The van der Waals surface area contributed by atoms with Crippen molar-refractivity contribution in [2.45, 2.75) is 10.6 Å². The molecule has 1 atom stereocenters. The largest absolute Gasteiger partial charge is 0.399 e. The van der Waals surface area contributed by atoms with Crippen LogP contribution in [0.15, 0.2) is 41.6 Å². The van der Waals surface area contributed by atoms with Gasteiger partial charge in [-0.25, -0.2) is 14.4 Å². The average molecular weight is 251 g/mol. The maximum atomic E-state index is 13.5. The van der Waals surface area contributed by atoms with Crippen molar-refractivity contribution in [3.05, 3.63) is 48.3 Å². The van der Waals surface area contributed by atoms with Crippen molar-refractivity contribution in [1.82, 2.24) is 9.97 Å². The Balaban J connectivity index is 2.21. The molecule has 0 saturated heterocycles. The van der Waals surface area contributed by atoms with Crippen LogP contribution in [-0.4, -0.2) is 14.2 Å². The van der Waals surface area contributed by atoms with Crippen LogP contribution in [0.3, 0.4) is 0 Å². The van der Waals surface area contributed by atoms with E-state index in [1.807, 2.05) is 0 Å². The molecule has 1 unspecified atom stereocenters. The lowest BCUT2D eigenvalue weighted by atomic mass is 10.3. The Morgan fingerprint density at radius 1 is 1.29 bits per heavy atom. The lowest BCUT2D eigenvalue weighted by Gasteiger charge is -2.03. The van der Waals surface area contributed by atoms with Gasteiger partial charge in [0.05, 0.1) is 21.4 Å². The second kappa shape index (κ2) is 5.01. The third-order valence-electron chi connectivity index (χ3n) is 2.08. The van der Waals surface area contributed by atoms with Crippen molar-refractivity contribution < 1.29 is 8.60 Å². The van der Waals surface area contributed by atoms with Gasteiger partial charge in [-0.15, -0.1) is 0 Å². The van der Waals surface area contributed by atoms with Gasteiger partial charge >= 0.3 is 0 Å². The summed E-state index contributed by atoms with van der Waals surface area (Å²) in [5.74, 6) is -0.0666. The number of anilines is 1. The molecule has 0 radical (unpaired) electrons. The second-order valence-electron chi connectivity index (χ2n) is 3.34. The van der Waals surface area contributed by atoms with E-state index in [0.717, 1.165) is 6.07 Å². The Morgan fingerprint density at radius 3 is 2.65 bits per heavy atom. The van der Waals surface area contributed by atoms with Crippen LogP contribution in [0.2, 0.25) is 0 Å². The highest BCUT2D eigenvalue weighted by Crippen LogP contribution is 2.17. The number of aromatic nitrogens is 2. The SMILES string of the molecule is Nc1ccc(S(=O)Cc2ncccn2)c(F)c1. The molecule has 1 heterocycles. The number of hydrogen-bond acceptors (Lipinski definition) is 4. The fourth-order valence-electron chi connectivity index (χ4n) is 1.30. The fraction of sp³-hybridized carbons (Fsp3) is 0.0909. The summed E-state index contributed by atoms with van der Waals surface area (Å²) in [5.41, 5.74) is 5.72. The first-order chi connectivity index (χ1) is 8.16. The number of rotatable bonds is 3. The van der Waals surface area contributed by atoms with Crippen LogP contribution in [0.1, 0.15) is 5.82 Å². The molecular weight excluding hydrogens is 241 g/mol. The zero-order valence-electron chi connectivity index (χ0n) is 8.84. The van der Waals surface area contributed by atoms with Crippen LogP contribution in [0, 0.1) is 5.82 Å². The van der Waals surface area contributed by atoms with Crippen LogP contribution >= 0.6 is 0 Å². The highest BCUT2D eigenvalue weighted by molar-refractivity contribution is 7.84. The first-order valence-corrected chi connectivity index (χ1v) is 6.18. The Kier molecular flexibility index (Phi) is 3.43. The highest BCUT2D eigenvalue weighted by Gasteiger charge is 2.12. The summed E-state index contributed by atoms with van der Waals surface area (Å²) in [6.07, 6.45) is 3.11. The van der Waals surface area contributed by atoms with Gasteiger partial charge in [-0.2, -0.15) is 0 Å². The summed E-state index contributed by atoms with van der Waals surface area (Å²) in [6.45, 7) is 0. The lowest BCUT2D eigenvalue weighted by Crippen LogP contribution is -2.03. The van der Waals surface area contributed by atoms with E-state index in [1.54, 1.807) is 18.5 Å². The molecular formula is C11H10FN3OS. The Morgan fingerprint density at radius 2 is 2.00 bits per heavy atom. The van der Waals surface area contributed by atoms with Gasteiger partial charge in [0.15, 0.2) is 0 Å². The monoisotopic (exact) mass is 251 g/mol. The Bertz CT molecular complexity index is 548. The van der Waals surface area contributed by atoms with Crippen molar-refractivity contribution in [2.75, 3.05) is 5.73 Å². The summed E-state index contributed by atoms with van der Waals surface area (Å²) < 4.78 is 25.4. The average Bonchev–Trinajstić information content (AvgIpc) is 2.30. The highest BCUT2D eigenvalue weighted by atomic mass is 32.2. The van der Waals surface area contributed by atoms with Gasteiger partial charge < -0.3 is 5.73 Å². The van der Waals surface area contributed by atoms with E-state index in [1.165, 1.54) is 12.1 Å². The van der Waals surface area contributed by atoms with Crippen LogP contribution in [0.4, 0.5) is 10.1 Å². The van der Waals surface area contributed by atoms with E-state index in [-0.39, 0.29) is 10.6 Å². The van der Waals surface area contributed by atoms with Gasteiger partial charge in [0.1, 0.15) is 11.6 Å². The molecule has 1 aromatic carbocycles. The minimum atomic E-state index is -1.51. The summed E-state index contributed by atoms with van der Waals surface area (Å²) in [6, 6.07) is 5.75. The van der Waals surface area contributed by atoms with E-state index in [0.29, 0.717) is 11.5 Å². The summed E-state index contributed by atoms with van der Waals surface area (Å²) in [4.78, 5) is 8.00. The maximum Gasteiger partial charge on any atom is 0.141 e. The van der Waals surface area contributed by atoms with E-state index in [4.69, 9.17) is 5.73 Å². The van der Waals surface area contributed by atoms with Gasteiger partial charge in [0.2, 0.25) is 0 Å². The van der Waals surface area contributed by atoms with Crippen LogP contribution in [-0.2, 0) is 16.6 Å². The van der Waals surface area contributed by atoms with Crippen LogP contribution in [0.5, 0.6) is 0 Å². The third-order valence-corrected chi connectivity index (χ3v) is 3.42. The van der Waals surface area contributed by atoms with E-state index < -0.39 is 16.6 Å². The van der Waals surface area contributed by atoms with Gasteiger partial charge in [-0.3, -0.25) is 4.21 Å². The smallest absolute Gasteiger partial charge is 0.141 e. The number of hydrogen-bond donors (Lipinski definition) is 1. The van der Waals surface area contributed by atoms with Gasteiger partial charge in [-0.1, -0.05) is 0 Å². The molecule has 1 aromatic heterocycles. The predicted molar refractivity (Wildman–Crippen MR) is 63.0 cm³/mol. The molecule has 0 spiro atoms. The number of nitrogens with two attached hydrogens (primary N) is 1. The van der Waals surface area contributed by atoms with E-state index in [9.17, 15) is 8.60 Å². The molecule has 0 bridgehead atoms. The maximum absolute atomic E-state index is 13.5. The number of halogens is 1. The molecule has 2 aromatic rings. The minimum Gasteiger partial charge on any atom is -0.399 e. The van der Waals surface area contributed by atoms with E-state index in [2.05, 4.69) is 9.97 Å². The molecule has 0 aliphatic heterocycles. The molecule has 0 aliphatic carbocycles. The number of benzene rings is 1. The molecule has 17 heavy (non-hydrogen) atoms. The topological polar surface area (TPSA) is 68.9 Å². The molecule has 6 heteroatoms. The zero-order chi connectivity index (χ0) is 12.3. The molecule has 2 N–H and O–H groups in total. The standard InChI is InChI=1S/C11H10FN3OS/c12-9-6-8(13)2-3-10(9)17(16)7-11-14-4-1-5-15-11/h1-6H,7,13H2. The van der Waals surface area contributed by atoms with Gasteiger partial charge in [-0.05, 0) is 24.3 Å². The van der Waals surface area contributed by atoms with Crippen molar-refractivity contribution in [3.63, 3.8) is 0 Å². The predicted octanol–water partition coefficient (Wildman–Crippen LogP) is 1.51. The van der Waals surface area contributed by atoms with Crippen LogP contribution in [0.25, 0.3) is 0 Å². The summed E-state index contributed by atoms with van der Waals surface area (Å²) >= 11 is 0. The molecule has 0 fully saturated rings. The second-order valence-corrected chi connectivity index (χ2v) is 4.76. The first kappa shape index (κ1) is 11.7. The molecule has 4 nitrogen and oxygen atoms in total. The number of nitrogen functional groups attached to an aromatic ring is 1.